The molecule has 2 rings (SSSR count). The molecule has 0 aromatic heterocycles. The maximum atomic E-state index is 12.9. The number of amides is 1. The molecule has 144 valence electrons. The third kappa shape index (κ3) is 4.74. The molecule has 27 heavy (non-hydrogen) atoms. The molecule has 0 aliphatic carbocycles. The minimum absolute atomic E-state index is 0.287. The summed E-state index contributed by atoms with van der Waals surface area (Å²) in [5.41, 5.74) is 1.70. The Bertz CT molecular complexity index is 771. The van der Waals surface area contributed by atoms with Crippen molar-refractivity contribution in [1.29, 1.82) is 0 Å². The first-order valence-electron chi connectivity index (χ1n) is 8.71. The van der Waals surface area contributed by atoms with Gasteiger partial charge >= 0.3 is 5.97 Å². The highest BCUT2D eigenvalue weighted by Crippen LogP contribution is 2.26. The number of carbonyl (C=O) groups excluding carboxylic acids is 1. The Labute approximate surface area is 164 Å². The van der Waals surface area contributed by atoms with Gasteiger partial charge in [0.05, 0.1) is 13.5 Å². The van der Waals surface area contributed by atoms with E-state index in [1.165, 1.54) is 4.90 Å². The van der Waals surface area contributed by atoms with Gasteiger partial charge in [0.15, 0.2) is 5.11 Å². The van der Waals surface area contributed by atoms with Crippen LogP contribution in [-0.2, 0) is 16.0 Å². The van der Waals surface area contributed by atoms with Crippen LogP contribution in [0, 0.1) is 0 Å². The number of carboxylic acid groups (broad SMARTS) is 1. The van der Waals surface area contributed by atoms with Gasteiger partial charge in [0.25, 0.3) is 5.91 Å². The summed E-state index contributed by atoms with van der Waals surface area (Å²) in [7, 11) is 1.61. The number of aliphatic carboxylic acids is 1. The van der Waals surface area contributed by atoms with Gasteiger partial charge in [-0.2, -0.15) is 0 Å². The predicted molar refractivity (Wildman–Crippen MR) is 107 cm³/mol. The monoisotopic (exact) mass is 388 g/mol. The molecule has 0 spiro atoms. The van der Waals surface area contributed by atoms with E-state index >= 15 is 0 Å². The van der Waals surface area contributed by atoms with Crippen LogP contribution < -0.4 is 4.74 Å². The van der Waals surface area contributed by atoms with Crippen LogP contribution in [0.5, 0.6) is 5.75 Å². The molecule has 0 bridgehead atoms. The topological polar surface area (TPSA) is 70.1 Å². The highest BCUT2D eigenvalue weighted by molar-refractivity contribution is 7.80. The second-order valence-corrected chi connectivity index (χ2v) is 6.44. The summed E-state index contributed by atoms with van der Waals surface area (Å²) < 4.78 is 5.15. The molecule has 1 amide bonds. The Balaban J connectivity index is 2.23. The molecule has 1 atom stereocenters. The molecule has 1 aromatic carbocycles. The van der Waals surface area contributed by atoms with E-state index in [2.05, 4.69) is 0 Å². The van der Waals surface area contributed by atoms with Crippen molar-refractivity contribution in [1.82, 2.24) is 9.80 Å². The number of methoxy groups -OCH3 is 1. The number of thiocarbonyl (C=S) groups is 1. The van der Waals surface area contributed by atoms with Gasteiger partial charge in [0.2, 0.25) is 0 Å². The van der Waals surface area contributed by atoms with Crippen LogP contribution >= 0.6 is 12.2 Å². The van der Waals surface area contributed by atoms with Crippen molar-refractivity contribution in [3.8, 4) is 5.75 Å². The van der Waals surface area contributed by atoms with Gasteiger partial charge in [-0.25, -0.2) is 0 Å². The van der Waals surface area contributed by atoms with Crippen LogP contribution in [0.2, 0.25) is 0 Å². The van der Waals surface area contributed by atoms with Gasteiger partial charge in [-0.15, -0.1) is 0 Å². The van der Waals surface area contributed by atoms with Gasteiger partial charge in [-0.05, 0) is 56.3 Å². The van der Waals surface area contributed by atoms with Crippen LogP contribution in [0.4, 0.5) is 0 Å². The lowest BCUT2D eigenvalue weighted by molar-refractivity contribution is -0.141. The van der Waals surface area contributed by atoms with Crippen LogP contribution in [0.1, 0.15) is 25.8 Å². The van der Waals surface area contributed by atoms with Crippen molar-refractivity contribution < 1.29 is 19.4 Å². The molecule has 1 aliphatic heterocycles. The number of benzene rings is 1. The average Bonchev–Trinajstić information content (AvgIpc) is 2.88. The first-order chi connectivity index (χ1) is 12.9. The molecular weight excluding hydrogens is 364 g/mol. The SMILES string of the molecule is C/C=C\C(=C/C)N1C(=O)C(CC(=O)O)N(CCc2ccc(OC)cc2)C1=S. The second-order valence-electron chi connectivity index (χ2n) is 6.07. The zero-order valence-corrected chi connectivity index (χ0v) is 16.5. The smallest absolute Gasteiger partial charge is 0.305 e. The molecule has 1 heterocycles. The van der Waals surface area contributed by atoms with Crippen LogP contribution in [0.25, 0.3) is 0 Å². The summed E-state index contributed by atoms with van der Waals surface area (Å²) in [5, 5.41) is 9.58. The molecule has 1 aromatic rings. The molecule has 1 saturated heterocycles. The third-order valence-electron chi connectivity index (χ3n) is 4.38. The fourth-order valence-electron chi connectivity index (χ4n) is 3.00. The molecule has 7 heteroatoms. The Morgan fingerprint density at radius 2 is 1.96 bits per heavy atom. The zero-order chi connectivity index (χ0) is 20.0. The normalized spacial score (nSPS) is 17.9. The van der Waals surface area contributed by atoms with E-state index in [1.54, 1.807) is 24.2 Å². The maximum Gasteiger partial charge on any atom is 0.305 e. The summed E-state index contributed by atoms with van der Waals surface area (Å²) in [4.78, 5) is 27.3. The molecule has 1 unspecified atom stereocenters. The molecule has 6 nitrogen and oxygen atoms in total. The minimum Gasteiger partial charge on any atom is -0.497 e. The number of nitrogens with zero attached hydrogens (tertiary/aromatic N) is 2. The molecule has 1 aliphatic rings. The number of ether oxygens (including phenoxy) is 1. The lowest BCUT2D eigenvalue weighted by Crippen LogP contribution is -2.38. The lowest BCUT2D eigenvalue weighted by atomic mass is 10.1. The third-order valence-corrected chi connectivity index (χ3v) is 4.80. The van der Waals surface area contributed by atoms with Crippen molar-refractivity contribution in [2.75, 3.05) is 13.7 Å². The first-order valence-corrected chi connectivity index (χ1v) is 9.12. The summed E-state index contributed by atoms with van der Waals surface area (Å²) in [6.07, 6.45) is 5.74. The highest BCUT2D eigenvalue weighted by Gasteiger charge is 2.44. The minimum atomic E-state index is -1.03. The fraction of sp³-hybridized carbons (Fsp3) is 0.350. The van der Waals surface area contributed by atoms with Crippen LogP contribution in [-0.4, -0.2) is 51.6 Å². The standard InChI is InChI=1S/C20H24N2O4S/c1-4-6-15(5-2)22-19(25)17(13-18(23)24)21(20(22)27)12-11-14-7-9-16(26-3)10-8-14/h4-10,17H,11-13H2,1-3H3,(H,23,24)/b6-4-,15-5+. The van der Waals surface area contributed by atoms with Gasteiger partial charge < -0.3 is 14.7 Å². The largest absolute Gasteiger partial charge is 0.497 e. The molecular formula is C20H24N2O4S. The summed E-state index contributed by atoms with van der Waals surface area (Å²) in [6.45, 7) is 4.12. The number of hydrogen-bond acceptors (Lipinski definition) is 4. The lowest BCUT2D eigenvalue weighted by Gasteiger charge is -2.23. The maximum absolute atomic E-state index is 12.9. The Hall–Kier alpha value is -2.67. The van der Waals surface area contributed by atoms with E-state index in [0.29, 0.717) is 23.8 Å². The average molecular weight is 388 g/mol. The number of allylic oxidation sites excluding steroid dienone is 3. The van der Waals surface area contributed by atoms with Gasteiger partial charge in [0.1, 0.15) is 11.8 Å². The number of hydrogen-bond donors (Lipinski definition) is 1. The Kier molecular flexibility index (Phi) is 7.12. The Morgan fingerprint density at radius 3 is 2.48 bits per heavy atom. The van der Waals surface area contributed by atoms with Crippen molar-refractivity contribution in [3.63, 3.8) is 0 Å². The summed E-state index contributed by atoms with van der Waals surface area (Å²) >= 11 is 5.52. The molecule has 0 saturated carbocycles. The van der Waals surface area contributed by atoms with Gasteiger partial charge in [-0.1, -0.05) is 24.3 Å². The second kappa shape index (κ2) is 9.32. The number of carboxylic acids is 1. The van der Waals surface area contributed by atoms with Gasteiger partial charge in [0, 0.05) is 12.2 Å². The summed E-state index contributed by atoms with van der Waals surface area (Å²) in [6, 6.07) is 6.83. The van der Waals surface area contributed by atoms with Crippen molar-refractivity contribution in [3.05, 3.63) is 53.8 Å². The van der Waals surface area contributed by atoms with Crippen LogP contribution in [0.15, 0.2) is 48.2 Å². The van der Waals surface area contributed by atoms with E-state index in [1.807, 2.05) is 44.2 Å². The van der Waals surface area contributed by atoms with Crippen molar-refractivity contribution >= 4 is 29.2 Å². The highest BCUT2D eigenvalue weighted by atomic mass is 32.1. The first kappa shape index (κ1) is 20.6. The van der Waals surface area contributed by atoms with Crippen molar-refractivity contribution in [2.45, 2.75) is 32.7 Å². The van der Waals surface area contributed by atoms with Crippen LogP contribution in [0.3, 0.4) is 0 Å². The molecule has 1 fully saturated rings. The summed E-state index contributed by atoms with van der Waals surface area (Å²) in [5.74, 6) is -0.562. The molecule has 0 radical (unpaired) electrons. The fourth-order valence-corrected chi connectivity index (χ4v) is 3.42. The Morgan fingerprint density at radius 1 is 1.30 bits per heavy atom. The van der Waals surface area contributed by atoms with Crippen molar-refractivity contribution in [2.24, 2.45) is 0 Å². The molecule has 1 N–H and O–H groups in total. The van der Waals surface area contributed by atoms with E-state index in [-0.39, 0.29) is 12.3 Å². The number of rotatable bonds is 8. The zero-order valence-electron chi connectivity index (χ0n) is 15.7. The number of carbonyl (C=O) groups is 2. The van der Waals surface area contributed by atoms with E-state index < -0.39 is 12.0 Å². The van der Waals surface area contributed by atoms with E-state index in [4.69, 9.17) is 17.0 Å². The quantitative estimate of drug-likeness (QED) is 0.545. The van der Waals surface area contributed by atoms with E-state index in [9.17, 15) is 14.7 Å². The predicted octanol–water partition coefficient (Wildman–Crippen LogP) is 2.99. The van der Waals surface area contributed by atoms with E-state index in [0.717, 1.165) is 11.3 Å². The van der Waals surface area contributed by atoms with Gasteiger partial charge in [-0.3, -0.25) is 14.5 Å².